The average Bonchev–Trinajstić information content (AvgIpc) is 2.85. The highest BCUT2D eigenvalue weighted by molar-refractivity contribution is 6.31. The van der Waals surface area contributed by atoms with Crippen molar-refractivity contribution in [3.8, 4) is 0 Å². The summed E-state index contributed by atoms with van der Waals surface area (Å²) in [6.07, 6.45) is 4.64. The van der Waals surface area contributed by atoms with E-state index < -0.39 is 5.69 Å². The summed E-state index contributed by atoms with van der Waals surface area (Å²) < 4.78 is 4.51. The molecular weight excluding hydrogens is 378 g/mol. The number of imidazole rings is 1. The van der Waals surface area contributed by atoms with Gasteiger partial charge in [0.05, 0.1) is 6.54 Å². The van der Waals surface area contributed by atoms with Gasteiger partial charge >= 0.3 is 5.69 Å². The fraction of sp³-hybridized carbons (Fsp3) is 0.450. The SMILES string of the molecule is Cn1c(N2CCCCCC2)nc2c1c(=O)n(Cc1ccccc1Cl)c(=O)n2C. The third-order valence-electron chi connectivity index (χ3n) is 5.51. The van der Waals surface area contributed by atoms with Gasteiger partial charge in [-0.3, -0.25) is 13.9 Å². The van der Waals surface area contributed by atoms with Gasteiger partial charge in [-0.25, -0.2) is 4.79 Å². The number of hydrogen-bond acceptors (Lipinski definition) is 4. The van der Waals surface area contributed by atoms with Crippen molar-refractivity contribution in [2.45, 2.75) is 32.2 Å². The summed E-state index contributed by atoms with van der Waals surface area (Å²) in [6, 6.07) is 7.25. The van der Waals surface area contributed by atoms with Crippen molar-refractivity contribution in [1.82, 2.24) is 18.7 Å². The summed E-state index contributed by atoms with van der Waals surface area (Å²) in [5, 5.41) is 0.534. The second-order valence-electron chi connectivity index (χ2n) is 7.37. The lowest BCUT2D eigenvalue weighted by Crippen LogP contribution is -2.39. The van der Waals surface area contributed by atoms with Crippen LogP contribution in [0.5, 0.6) is 0 Å². The Hall–Kier alpha value is -2.54. The molecule has 8 heteroatoms. The summed E-state index contributed by atoms with van der Waals surface area (Å²) in [5.74, 6) is 0.750. The quantitative estimate of drug-likeness (QED) is 0.676. The van der Waals surface area contributed by atoms with E-state index >= 15 is 0 Å². The lowest BCUT2D eigenvalue weighted by molar-refractivity contribution is 0.655. The molecule has 0 atom stereocenters. The van der Waals surface area contributed by atoms with Gasteiger partial charge in [0.2, 0.25) is 5.95 Å². The lowest BCUT2D eigenvalue weighted by Gasteiger charge is -2.20. The lowest BCUT2D eigenvalue weighted by atomic mass is 10.2. The Kier molecular flexibility index (Phi) is 5.02. The van der Waals surface area contributed by atoms with Crippen LogP contribution >= 0.6 is 11.6 Å². The molecule has 1 aromatic carbocycles. The first-order valence-corrected chi connectivity index (χ1v) is 10.0. The minimum atomic E-state index is -0.391. The van der Waals surface area contributed by atoms with Gasteiger partial charge in [0.25, 0.3) is 5.56 Å². The van der Waals surface area contributed by atoms with Crippen LogP contribution in [0.1, 0.15) is 31.2 Å². The predicted octanol–water partition coefficient (Wildman–Crippen LogP) is 2.52. The van der Waals surface area contributed by atoms with Crippen molar-refractivity contribution >= 4 is 28.7 Å². The largest absolute Gasteiger partial charge is 0.342 e. The van der Waals surface area contributed by atoms with Crippen LogP contribution in [0.15, 0.2) is 33.9 Å². The van der Waals surface area contributed by atoms with E-state index in [4.69, 9.17) is 11.6 Å². The standard InChI is InChI=1S/C20H24ClN5O2/c1-23-16-17(22-19(23)25-11-7-3-4-8-12-25)24(2)20(28)26(18(16)27)13-14-9-5-6-10-15(14)21/h5-6,9-10H,3-4,7-8,11-13H2,1-2H3. The molecule has 0 bridgehead atoms. The van der Waals surface area contributed by atoms with Crippen molar-refractivity contribution < 1.29 is 0 Å². The van der Waals surface area contributed by atoms with E-state index in [0.717, 1.165) is 37.4 Å². The minimum Gasteiger partial charge on any atom is -0.342 e. The number of halogens is 1. The number of nitrogens with zero attached hydrogens (tertiary/aromatic N) is 5. The zero-order valence-corrected chi connectivity index (χ0v) is 16.9. The molecule has 1 fully saturated rings. The number of aromatic nitrogens is 4. The number of aryl methyl sites for hydroxylation is 2. The molecule has 28 heavy (non-hydrogen) atoms. The Morgan fingerprint density at radius 1 is 1.00 bits per heavy atom. The van der Waals surface area contributed by atoms with Gasteiger partial charge in [0, 0.05) is 32.2 Å². The molecule has 0 unspecified atom stereocenters. The number of hydrogen-bond donors (Lipinski definition) is 0. The molecule has 1 saturated heterocycles. The summed E-state index contributed by atoms with van der Waals surface area (Å²) in [6.45, 7) is 1.96. The molecule has 0 radical (unpaired) electrons. The van der Waals surface area contributed by atoms with Gasteiger partial charge in [-0.2, -0.15) is 4.98 Å². The zero-order chi connectivity index (χ0) is 19.8. The maximum absolute atomic E-state index is 13.2. The molecule has 0 N–H and O–H groups in total. The van der Waals surface area contributed by atoms with E-state index in [1.807, 2.05) is 29.8 Å². The van der Waals surface area contributed by atoms with Gasteiger partial charge < -0.3 is 9.47 Å². The molecule has 3 heterocycles. The van der Waals surface area contributed by atoms with Crippen molar-refractivity contribution in [2.24, 2.45) is 14.1 Å². The zero-order valence-electron chi connectivity index (χ0n) is 16.2. The van der Waals surface area contributed by atoms with Crippen molar-refractivity contribution in [3.05, 3.63) is 55.7 Å². The Balaban J connectivity index is 1.87. The molecule has 0 amide bonds. The second-order valence-corrected chi connectivity index (χ2v) is 7.78. The number of anilines is 1. The summed E-state index contributed by atoms with van der Waals surface area (Å²) in [4.78, 5) is 33.0. The molecular formula is C20H24ClN5O2. The first kappa shape index (κ1) is 18.8. The van der Waals surface area contributed by atoms with Gasteiger partial charge in [0.15, 0.2) is 11.2 Å². The topological polar surface area (TPSA) is 65.1 Å². The molecule has 0 saturated carbocycles. The average molecular weight is 402 g/mol. The number of fused-ring (bicyclic) bond motifs is 1. The third kappa shape index (κ3) is 3.13. The summed E-state index contributed by atoms with van der Waals surface area (Å²) in [5.41, 5.74) is 0.866. The smallest absolute Gasteiger partial charge is 0.332 e. The van der Waals surface area contributed by atoms with Crippen LogP contribution in [-0.2, 0) is 20.6 Å². The molecule has 2 aromatic heterocycles. The molecule has 1 aliphatic rings. The molecule has 148 valence electrons. The fourth-order valence-corrected chi connectivity index (χ4v) is 4.12. The van der Waals surface area contributed by atoms with E-state index in [9.17, 15) is 9.59 Å². The molecule has 1 aliphatic heterocycles. The van der Waals surface area contributed by atoms with Gasteiger partial charge in [-0.1, -0.05) is 42.6 Å². The van der Waals surface area contributed by atoms with E-state index in [1.54, 1.807) is 13.1 Å². The summed E-state index contributed by atoms with van der Waals surface area (Å²) in [7, 11) is 3.51. The predicted molar refractivity (Wildman–Crippen MR) is 111 cm³/mol. The van der Waals surface area contributed by atoms with Crippen LogP contribution < -0.4 is 16.1 Å². The first-order chi connectivity index (χ1) is 13.5. The van der Waals surface area contributed by atoms with E-state index in [1.165, 1.54) is 22.0 Å². The highest BCUT2D eigenvalue weighted by atomic mass is 35.5. The van der Waals surface area contributed by atoms with Crippen molar-refractivity contribution in [2.75, 3.05) is 18.0 Å². The normalized spacial score (nSPS) is 15.2. The second kappa shape index (κ2) is 7.47. The fourth-order valence-electron chi connectivity index (χ4n) is 3.92. The maximum atomic E-state index is 13.2. The Labute approximate surface area is 167 Å². The molecule has 0 spiro atoms. The molecule has 4 rings (SSSR count). The van der Waals surface area contributed by atoms with Crippen LogP contribution in [-0.4, -0.2) is 31.8 Å². The van der Waals surface area contributed by atoms with Crippen molar-refractivity contribution in [3.63, 3.8) is 0 Å². The minimum absolute atomic E-state index is 0.130. The van der Waals surface area contributed by atoms with E-state index in [2.05, 4.69) is 9.88 Å². The van der Waals surface area contributed by atoms with Crippen LogP contribution in [0.2, 0.25) is 5.02 Å². The van der Waals surface area contributed by atoms with Gasteiger partial charge in [-0.05, 0) is 24.5 Å². The maximum Gasteiger partial charge on any atom is 0.332 e. The van der Waals surface area contributed by atoms with E-state index in [0.29, 0.717) is 16.2 Å². The monoisotopic (exact) mass is 401 g/mol. The van der Waals surface area contributed by atoms with Crippen LogP contribution in [0, 0.1) is 0 Å². The van der Waals surface area contributed by atoms with Crippen LogP contribution in [0.25, 0.3) is 11.2 Å². The number of benzene rings is 1. The molecule has 3 aromatic rings. The third-order valence-corrected chi connectivity index (χ3v) is 5.88. The summed E-state index contributed by atoms with van der Waals surface area (Å²) >= 11 is 6.24. The first-order valence-electron chi connectivity index (χ1n) is 9.63. The highest BCUT2D eigenvalue weighted by Crippen LogP contribution is 2.22. The number of rotatable bonds is 3. The van der Waals surface area contributed by atoms with Gasteiger partial charge in [0.1, 0.15) is 0 Å². The Morgan fingerprint density at radius 3 is 2.36 bits per heavy atom. The molecule has 7 nitrogen and oxygen atoms in total. The van der Waals surface area contributed by atoms with Crippen LogP contribution in [0.3, 0.4) is 0 Å². The van der Waals surface area contributed by atoms with Crippen LogP contribution in [0.4, 0.5) is 5.95 Å². The Morgan fingerprint density at radius 2 is 1.68 bits per heavy atom. The highest BCUT2D eigenvalue weighted by Gasteiger charge is 2.22. The van der Waals surface area contributed by atoms with E-state index in [-0.39, 0.29) is 12.1 Å². The van der Waals surface area contributed by atoms with Gasteiger partial charge in [-0.15, -0.1) is 0 Å². The Bertz CT molecular complexity index is 1140. The molecule has 0 aliphatic carbocycles. The van der Waals surface area contributed by atoms with Crippen molar-refractivity contribution in [1.29, 1.82) is 0 Å².